The van der Waals surface area contributed by atoms with Crippen LogP contribution in [0.2, 0.25) is 0 Å². The molecule has 0 aliphatic carbocycles. The number of carbonyl (C=O) groups is 1. The van der Waals surface area contributed by atoms with E-state index in [1.54, 1.807) is 16.9 Å². The molecule has 0 atom stereocenters. The second-order valence-corrected chi connectivity index (χ2v) is 5.33. The molecular weight excluding hydrogens is 314 g/mol. The summed E-state index contributed by atoms with van der Waals surface area (Å²) in [4.78, 5) is 14.5. The first-order valence-corrected chi connectivity index (χ1v) is 7.65. The number of nitrogens with zero attached hydrogens (tertiary/aromatic N) is 3. The van der Waals surface area contributed by atoms with Crippen molar-refractivity contribution in [3.8, 4) is 5.69 Å². The summed E-state index contributed by atoms with van der Waals surface area (Å²) in [6, 6.07) is 11.5. The molecule has 0 saturated carbocycles. The summed E-state index contributed by atoms with van der Waals surface area (Å²) in [6.45, 7) is 5.66. The Labute approximate surface area is 142 Å². The molecule has 2 heterocycles. The molecule has 124 valence electrons. The van der Waals surface area contributed by atoms with E-state index in [0.29, 0.717) is 12.2 Å². The first kappa shape index (κ1) is 17.5. The minimum Gasteiger partial charge on any atom is -0.349 e. The molecule has 2 aromatic rings. The van der Waals surface area contributed by atoms with Gasteiger partial charge in [0.2, 0.25) is 0 Å². The normalized spacial score (nSPS) is 15.0. The summed E-state index contributed by atoms with van der Waals surface area (Å²) in [5, 5.41) is 10.6. The summed E-state index contributed by atoms with van der Waals surface area (Å²) in [6.07, 6.45) is 1.81. The van der Waals surface area contributed by atoms with Crippen molar-refractivity contribution in [3.05, 3.63) is 48.3 Å². The van der Waals surface area contributed by atoms with Crippen LogP contribution in [0.5, 0.6) is 0 Å². The smallest absolute Gasteiger partial charge is 0.271 e. The highest BCUT2D eigenvalue weighted by atomic mass is 35.5. The van der Waals surface area contributed by atoms with Gasteiger partial charge in [-0.3, -0.25) is 9.69 Å². The first-order valence-electron chi connectivity index (χ1n) is 7.65. The van der Waals surface area contributed by atoms with Crippen LogP contribution in [0.25, 0.3) is 5.69 Å². The summed E-state index contributed by atoms with van der Waals surface area (Å²) in [7, 11) is 0. The van der Waals surface area contributed by atoms with Gasteiger partial charge in [0.05, 0.1) is 5.69 Å². The molecule has 1 amide bonds. The molecule has 1 saturated heterocycles. The summed E-state index contributed by atoms with van der Waals surface area (Å²) >= 11 is 0. The number of nitrogens with one attached hydrogen (secondary N) is 2. The standard InChI is InChI=1S/C16H21N5O.ClH/c22-16(18-9-13-20-11-7-17-8-12-20)15-6-10-21(19-15)14-4-2-1-3-5-14;/h1-6,10,17H,7-9,11-13H2,(H,18,22);1H. The van der Waals surface area contributed by atoms with Gasteiger partial charge in [0.15, 0.2) is 5.69 Å². The average molecular weight is 336 g/mol. The quantitative estimate of drug-likeness (QED) is 0.853. The van der Waals surface area contributed by atoms with Crippen LogP contribution in [-0.4, -0.2) is 59.9 Å². The van der Waals surface area contributed by atoms with Crippen molar-refractivity contribution in [1.29, 1.82) is 0 Å². The van der Waals surface area contributed by atoms with Gasteiger partial charge in [-0.25, -0.2) is 4.68 Å². The molecule has 2 N–H and O–H groups in total. The number of piperazine rings is 1. The zero-order valence-electron chi connectivity index (χ0n) is 12.9. The van der Waals surface area contributed by atoms with Crippen LogP contribution in [0.4, 0.5) is 0 Å². The van der Waals surface area contributed by atoms with E-state index in [1.807, 2.05) is 30.3 Å². The molecular formula is C16H22ClN5O. The van der Waals surface area contributed by atoms with Gasteiger partial charge < -0.3 is 10.6 Å². The third-order valence-electron chi connectivity index (χ3n) is 3.77. The van der Waals surface area contributed by atoms with Crippen molar-refractivity contribution in [2.75, 3.05) is 39.3 Å². The number of para-hydroxylation sites is 1. The van der Waals surface area contributed by atoms with Crippen molar-refractivity contribution in [2.45, 2.75) is 0 Å². The fourth-order valence-electron chi connectivity index (χ4n) is 2.52. The van der Waals surface area contributed by atoms with Crippen LogP contribution in [0, 0.1) is 0 Å². The molecule has 3 rings (SSSR count). The summed E-state index contributed by atoms with van der Waals surface area (Å²) < 4.78 is 1.71. The molecule has 0 spiro atoms. The van der Waals surface area contributed by atoms with E-state index in [0.717, 1.165) is 38.4 Å². The molecule has 6 nitrogen and oxygen atoms in total. The molecule has 23 heavy (non-hydrogen) atoms. The van der Waals surface area contributed by atoms with Crippen molar-refractivity contribution in [3.63, 3.8) is 0 Å². The van der Waals surface area contributed by atoms with Gasteiger partial charge in [-0.1, -0.05) is 18.2 Å². The van der Waals surface area contributed by atoms with E-state index >= 15 is 0 Å². The molecule has 1 aromatic heterocycles. The van der Waals surface area contributed by atoms with Gasteiger partial charge in [-0.2, -0.15) is 5.10 Å². The summed E-state index contributed by atoms with van der Waals surface area (Å²) in [5.41, 5.74) is 1.39. The second kappa shape index (κ2) is 8.67. The monoisotopic (exact) mass is 335 g/mol. The Morgan fingerprint density at radius 2 is 1.91 bits per heavy atom. The van der Waals surface area contributed by atoms with Gasteiger partial charge in [0, 0.05) is 45.5 Å². The Morgan fingerprint density at radius 3 is 2.65 bits per heavy atom. The molecule has 0 unspecified atom stereocenters. The Balaban J connectivity index is 0.00000192. The topological polar surface area (TPSA) is 62.2 Å². The number of benzene rings is 1. The van der Waals surface area contributed by atoms with Crippen LogP contribution in [0.15, 0.2) is 42.6 Å². The second-order valence-electron chi connectivity index (χ2n) is 5.33. The highest BCUT2D eigenvalue weighted by Crippen LogP contribution is 2.06. The molecule has 1 aromatic carbocycles. The van der Waals surface area contributed by atoms with Crippen LogP contribution in [-0.2, 0) is 0 Å². The fraction of sp³-hybridized carbons (Fsp3) is 0.375. The molecule has 1 aliphatic heterocycles. The Kier molecular flexibility index (Phi) is 6.58. The van der Waals surface area contributed by atoms with Crippen molar-refractivity contribution < 1.29 is 4.79 Å². The van der Waals surface area contributed by atoms with Crippen molar-refractivity contribution in [2.24, 2.45) is 0 Å². The number of amides is 1. The molecule has 0 radical (unpaired) electrons. The van der Waals surface area contributed by atoms with E-state index in [-0.39, 0.29) is 18.3 Å². The lowest BCUT2D eigenvalue weighted by Crippen LogP contribution is -2.46. The Bertz CT molecular complexity index is 610. The average Bonchev–Trinajstić information content (AvgIpc) is 3.07. The van der Waals surface area contributed by atoms with Crippen LogP contribution < -0.4 is 10.6 Å². The van der Waals surface area contributed by atoms with Crippen LogP contribution >= 0.6 is 12.4 Å². The minimum atomic E-state index is -0.121. The SMILES string of the molecule is Cl.O=C(NCCN1CCNCC1)c1ccn(-c2ccccc2)n1. The molecule has 1 fully saturated rings. The largest absolute Gasteiger partial charge is 0.349 e. The van der Waals surface area contributed by atoms with Gasteiger partial charge in [-0.05, 0) is 18.2 Å². The zero-order chi connectivity index (χ0) is 15.2. The number of carbonyl (C=O) groups excluding carboxylic acids is 1. The Hall–Kier alpha value is -1.89. The van der Waals surface area contributed by atoms with Gasteiger partial charge in [0.25, 0.3) is 5.91 Å². The number of rotatable bonds is 5. The molecule has 0 bridgehead atoms. The number of hydrogen-bond donors (Lipinski definition) is 2. The maximum Gasteiger partial charge on any atom is 0.271 e. The van der Waals surface area contributed by atoms with Crippen LogP contribution in [0.1, 0.15) is 10.5 Å². The highest BCUT2D eigenvalue weighted by molar-refractivity contribution is 5.92. The molecule has 1 aliphatic rings. The van der Waals surface area contributed by atoms with Crippen molar-refractivity contribution >= 4 is 18.3 Å². The summed E-state index contributed by atoms with van der Waals surface area (Å²) in [5.74, 6) is -0.121. The predicted molar refractivity (Wildman–Crippen MR) is 92.5 cm³/mol. The highest BCUT2D eigenvalue weighted by Gasteiger charge is 2.12. The predicted octanol–water partition coefficient (Wildman–Crippen LogP) is 0.929. The zero-order valence-corrected chi connectivity index (χ0v) is 13.8. The van der Waals surface area contributed by atoms with E-state index < -0.39 is 0 Å². The fourth-order valence-corrected chi connectivity index (χ4v) is 2.52. The van der Waals surface area contributed by atoms with Crippen LogP contribution in [0.3, 0.4) is 0 Å². The lowest BCUT2D eigenvalue weighted by Gasteiger charge is -2.26. The van der Waals surface area contributed by atoms with E-state index in [2.05, 4.69) is 20.6 Å². The first-order chi connectivity index (χ1) is 10.8. The lowest BCUT2D eigenvalue weighted by atomic mass is 10.3. The van der Waals surface area contributed by atoms with Crippen molar-refractivity contribution in [1.82, 2.24) is 25.3 Å². The lowest BCUT2D eigenvalue weighted by molar-refractivity contribution is 0.0942. The third kappa shape index (κ3) is 4.79. The Morgan fingerprint density at radius 1 is 1.17 bits per heavy atom. The number of hydrogen-bond acceptors (Lipinski definition) is 4. The maximum absolute atomic E-state index is 12.1. The van der Waals surface area contributed by atoms with E-state index in [4.69, 9.17) is 0 Å². The maximum atomic E-state index is 12.1. The minimum absolute atomic E-state index is 0. The van der Waals surface area contributed by atoms with E-state index in [1.165, 1.54) is 0 Å². The number of aromatic nitrogens is 2. The number of halogens is 1. The van der Waals surface area contributed by atoms with Gasteiger partial charge in [0.1, 0.15) is 0 Å². The van der Waals surface area contributed by atoms with Gasteiger partial charge in [-0.15, -0.1) is 12.4 Å². The van der Waals surface area contributed by atoms with Gasteiger partial charge >= 0.3 is 0 Å². The van der Waals surface area contributed by atoms with E-state index in [9.17, 15) is 4.79 Å². The third-order valence-corrected chi connectivity index (χ3v) is 3.77. The molecule has 7 heteroatoms.